The molecular formula is C18H25NO3S. The summed E-state index contributed by atoms with van der Waals surface area (Å²) >= 11 is 1.79. The van der Waals surface area contributed by atoms with Crippen molar-refractivity contribution in [1.29, 1.82) is 0 Å². The molecule has 23 heavy (non-hydrogen) atoms. The molecule has 1 aromatic heterocycles. The molecule has 0 radical (unpaired) electrons. The molecule has 2 fully saturated rings. The standard InChI is InChI=1S/C18H25NO3S/c20-16(9-3-1-2-7-15-8-5-11-23-15)19-12-14-6-4-10-18(14,13-19)17(21)22/h5,8,11,14H,1-4,6-7,9-10,12-13H2,(H,21,22)/t14-,18+/m0/s1. The Morgan fingerprint density at radius 3 is 2.91 bits per heavy atom. The number of aryl methyl sites for hydroxylation is 1. The lowest BCUT2D eigenvalue weighted by Crippen LogP contribution is -2.37. The normalized spacial score (nSPS) is 26.4. The van der Waals surface area contributed by atoms with Crippen molar-refractivity contribution in [3.05, 3.63) is 22.4 Å². The number of hydrogen-bond acceptors (Lipinski definition) is 3. The number of fused-ring (bicyclic) bond motifs is 1. The van der Waals surface area contributed by atoms with Gasteiger partial charge in [0.05, 0.1) is 5.41 Å². The fourth-order valence-electron chi connectivity index (χ4n) is 4.19. The average molecular weight is 335 g/mol. The van der Waals surface area contributed by atoms with Gasteiger partial charge < -0.3 is 10.0 Å². The lowest BCUT2D eigenvalue weighted by molar-refractivity contribution is -0.149. The van der Waals surface area contributed by atoms with E-state index in [0.717, 1.165) is 44.9 Å². The highest BCUT2D eigenvalue weighted by atomic mass is 32.1. The first-order valence-corrected chi connectivity index (χ1v) is 9.53. The molecule has 126 valence electrons. The van der Waals surface area contributed by atoms with E-state index in [1.54, 1.807) is 11.3 Å². The summed E-state index contributed by atoms with van der Waals surface area (Å²) in [4.78, 5) is 27.2. The molecule has 2 heterocycles. The maximum absolute atomic E-state index is 12.4. The summed E-state index contributed by atoms with van der Waals surface area (Å²) in [5, 5.41) is 11.7. The van der Waals surface area contributed by atoms with Crippen LogP contribution in [0.2, 0.25) is 0 Å². The van der Waals surface area contributed by atoms with Gasteiger partial charge in [0.15, 0.2) is 0 Å². The fourth-order valence-corrected chi connectivity index (χ4v) is 4.95. The van der Waals surface area contributed by atoms with E-state index in [1.807, 2.05) is 4.90 Å². The average Bonchev–Trinajstić information content (AvgIpc) is 3.21. The Hall–Kier alpha value is -1.36. The lowest BCUT2D eigenvalue weighted by Gasteiger charge is -2.23. The number of nitrogens with zero attached hydrogens (tertiary/aromatic N) is 1. The van der Waals surface area contributed by atoms with Crippen LogP contribution >= 0.6 is 11.3 Å². The van der Waals surface area contributed by atoms with Gasteiger partial charge in [-0.25, -0.2) is 0 Å². The Labute approximate surface area is 141 Å². The van der Waals surface area contributed by atoms with Gasteiger partial charge in [0, 0.05) is 24.4 Å². The summed E-state index contributed by atoms with van der Waals surface area (Å²) < 4.78 is 0. The van der Waals surface area contributed by atoms with Gasteiger partial charge in [-0.2, -0.15) is 0 Å². The zero-order valence-corrected chi connectivity index (χ0v) is 14.3. The van der Waals surface area contributed by atoms with Crippen LogP contribution in [0.15, 0.2) is 17.5 Å². The van der Waals surface area contributed by atoms with E-state index in [2.05, 4.69) is 17.5 Å². The summed E-state index contributed by atoms with van der Waals surface area (Å²) in [5.74, 6) is -0.384. The zero-order chi connectivity index (χ0) is 16.3. The number of carboxylic acid groups (broad SMARTS) is 1. The van der Waals surface area contributed by atoms with E-state index in [9.17, 15) is 14.7 Å². The van der Waals surface area contributed by atoms with Crippen molar-refractivity contribution in [3.63, 3.8) is 0 Å². The predicted molar refractivity (Wildman–Crippen MR) is 90.5 cm³/mol. The minimum Gasteiger partial charge on any atom is -0.481 e. The van der Waals surface area contributed by atoms with E-state index in [4.69, 9.17) is 0 Å². The van der Waals surface area contributed by atoms with Crippen LogP contribution in [0.5, 0.6) is 0 Å². The Kier molecular flexibility index (Phi) is 5.05. The Morgan fingerprint density at radius 2 is 2.22 bits per heavy atom. The Balaban J connectivity index is 1.40. The molecule has 0 aromatic carbocycles. The Morgan fingerprint density at radius 1 is 1.35 bits per heavy atom. The second kappa shape index (κ2) is 7.04. The highest BCUT2D eigenvalue weighted by Crippen LogP contribution is 2.49. The Bertz CT molecular complexity index is 557. The first kappa shape index (κ1) is 16.5. The maximum atomic E-state index is 12.4. The molecule has 0 unspecified atom stereocenters. The van der Waals surface area contributed by atoms with E-state index in [-0.39, 0.29) is 11.8 Å². The van der Waals surface area contributed by atoms with Crippen LogP contribution in [0.25, 0.3) is 0 Å². The number of thiophene rings is 1. The molecule has 4 nitrogen and oxygen atoms in total. The molecule has 2 aliphatic rings. The maximum Gasteiger partial charge on any atom is 0.311 e. The van der Waals surface area contributed by atoms with Crippen LogP contribution in [0.4, 0.5) is 0 Å². The summed E-state index contributed by atoms with van der Waals surface area (Å²) in [5.41, 5.74) is -0.644. The third-order valence-electron chi connectivity index (χ3n) is 5.54. The number of carbonyl (C=O) groups excluding carboxylic acids is 1. The second-order valence-corrected chi connectivity index (χ2v) is 8.00. The molecule has 1 saturated carbocycles. The molecule has 1 saturated heterocycles. The van der Waals surface area contributed by atoms with Crippen molar-refractivity contribution >= 4 is 23.2 Å². The fraction of sp³-hybridized carbons (Fsp3) is 0.667. The summed E-state index contributed by atoms with van der Waals surface area (Å²) in [6.07, 6.45) is 7.43. The van der Waals surface area contributed by atoms with Crippen molar-refractivity contribution in [2.45, 2.75) is 51.4 Å². The van der Waals surface area contributed by atoms with E-state index >= 15 is 0 Å². The topological polar surface area (TPSA) is 57.6 Å². The van der Waals surface area contributed by atoms with E-state index < -0.39 is 11.4 Å². The van der Waals surface area contributed by atoms with E-state index in [1.165, 1.54) is 4.88 Å². The molecule has 0 bridgehead atoms. The molecule has 1 aliphatic carbocycles. The minimum absolute atomic E-state index is 0.149. The van der Waals surface area contributed by atoms with Gasteiger partial charge in [-0.05, 0) is 49.5 Å². The molecule has 1 aliphatic heterocycles. The van der Waals surface area contributed by atoms with E-state index in [0.29, 0.717) is 19.5 Å². The second-order valence-electron chi connectivity index (χ2n) is 6.96. The molecule has 2 atom stereocenters. The summed E-state index contributed by atoms with van der Waals surface area (Å²) in [6, 6.07) is 4.23. The third kappa shape index (κ3) is 3.44. The first-order chi connectivity index (χ1) is 11.1. The van der Waals surface area contributed by atoms with Crippen molar-refractivity contribution in [3.8, 4) is 0 Å². The number of carboxylic acids is 1. The van der Waals surface area contributed by atoms with Crippen LogP contribution in [0.3, 0.4) is 0 Å². The van der Waals surface area contributed by atoms with Crippen LogP contribution in [-0.4, -0.2) is 35.0 Å². The van der Waals surface area contributed by atoms with Crippen molar-refractivity contribution in [2.75, 3.05) is 13.1 Å². The van der Waals surface area contributed by atoms with Crippen molar-refractivity contribution in [2.24, 2.45) is 11.3 Å². The molecule has 1 amide bonds. The number of aliphatic carboxylic acids is 1. The summed E-state index contributed by atoms with van der Waals surface area (Å²) in [7, 11) is 0. The van der Waals surface area contributed by atoms with Gasteiger partial charge in [-0.15, -0.1) is 11.3 Å². The number of hydrogen-bond donors (Lipinski definition) is 1. The molecule has 5 heteroatoms. The number of carbonyl (C=O) groups is 2. The summed E-state index contributed by atoms with van der Waals surface area (Å²) in [6.45, 7) is 1.08. The SMILES string of the molecule is O=C(CCCCCc1cccs1)N1C[C@@H]2CCC[C@@]2(C(=O)O)C1. The van der Waals surface area contributed by atoms with Crippen LogP contribution < -0.4 is 0 Å². The predicted octanol–water partition coefficient (Wildman–Crippen LogP) is 3.56. The highest BCUT2D eigenvalue weighted by molar-refractivity contribution is 7.09. The number of rotatable bonds is 7. The molecule has 3 rings (SSSR count). The lowest BCUT2D eigenvalue weighted by atomic mass is 9.81. The van der Waals surface area contributed by atoms with Gasteiger partial charge in [-0.1, -0.05) is 18.9 Å². The molecular weight excluding hydrogens is 310 g/mol. The molecule has 1 aromatic rings. The smallest absolute Gasteiger partial charge is 0.311 e. The minimum atomic E-state index is -0.703. The van der Waals surface area contributed by atoms with Gasteiger partial charge in [0.25, 0.3) is 0 Å². The number of unbranched alkanes of at least 4 members (excludes halogenated alkanes) is 2. The first-order valence-electron chi connectivity index (χ1n) is 8.65. The third-order valence-corrected chi connectivity index (χ3v) is 6.48. The van der Waals surface area contributed by atoms with Crippen LogP contribution in [0, 0.1) is 11.3 Å². The number of amides is 1. The van der Waals surface area contributed by atoms with Crippen LogP contribution in [0.1, 0.15) is 49.8 Å². The zero-order valence-electron chi connectivity index (χ0n) is 13.5. The van der Waals surface area contributed by atoms with Gasteiger partial charge in [0.1, 0.15) is 0 Å². The van der Waals surface area contributed by atoms with Crippen molar-refractivity contribution < 1.29 is 14.7 Å². The van der Waals surface area contributed by atoms with Gasteiger partial charge in [-0.3, -0.25) is 9.59 Å². The molecule has 0 spiro atoms. The quantitative estimate of drug-likeness (QED) is 0.775. The highest BCUT2D eigenvalue weighted by Gasteiger charge is 2.55. The van der Waals surface area contributed by atoms with Gasteiger partial charge in [0.2, 0.25) is 5.91 Å². The molecule has 1 N–H and O–H groups in total. The largest absolute Gasteiger partial charge is 0.481 e. The van der Waals surface area contributed by atoms with Crippen LogP contribution in [-0.2, 0) is 16.0 Å². The van der Waals surface area contributed by atoms with Crippen molar-refractivity contribution in [1.82, 2.24) is 4.90 Å². The van der Waals surface area contributed by atoms with Gasteiger partial charge >= 0.3 is 5.97 Å². The number of likely N-dealkylation sites (tertiary alicyclic amines) is 1. The monoisotopic (exact) mass is 335 g/mol.